The lowest BCUT2D eigenvalue weighted by atomic mass is 10.1. The maximum absolute atomic E-state index is 12.2. The molecule has 0 aliphatic carbocycles. The third kappa shape index (κ3) is 4.03. The number of halogens is 1. The van der Waals surface area contributed by atoms with E-state index in [1.54, 1.807) is 48.5 Å². The molecule has 2 N–H and O–H groups in total. The Kier molecular flexibility index (Phi) is 4.99. The van der Waals surface area contributed by atoms with Gasteiger partial charge in [0.05, 0.1) is 4.91 Å². The summed E-state index contributed by atoms with van der Waals surface area (Å²) < 4.78 is 0.443. The van der Waals surface area contributed by atoms with Crippen LogP contribution in [0.5, 0.6) is 0 Å². The molecule has 7 heteroatoms. The molecular weight excluding hydrogens is 364 g/mol. The molecule has 0 bridgehead atoms. The molecule has 1 heterocycles. The highest BCUT2D eigenvalue weighted by Gasteiger charge is 2.21. The number of carbonyl (C=O) groups is 2. The Hall–Kier alpha value is -2.15. The molecule has 1 fully saturated rings. The maximum atomic E-state index is 12.2. The lowest BCUT2D eigenvalue weighted by Gasteiger charge is -2.06. The first kappa shape index (κ1) is 16.7. The molecule has 120 valence electrons. The van der Waals surface area contributed by atoms with Gasteiger partial charge < -0.3 is 10.6 Å². The van der Waals surface area contributed by atoms with Crippen LogP contribution < -0.4 is 10.6 Å². The van der Waals surface area contributed by atoms with Crippen molar-refractivity contribution < 1.29 is 9.59 Å². The summed E-state index contributed by atoms with van der Waals surface area (Å²) in [7, 11) is 0. The number of thiocarbonyl (C=S) groups is 1. The summed E-state index contributed by atoms with van der Waals surface area (Å²) >= 11 is 12.0. The van der Waals surface area contributed by atoms with E-state index in [0.29, 0.717) is 25.5 Å². The number of benzene rings is 2. The summed E-state index contributed by atoms with van der Waals surface area (Å²) in [5.74, 6) is -0.439. The number of carbonyl (C=O) groups excluding carboxylic acids is 2. The molecule has 3 rings (SSSR count). The Balaban J connectivity index is 1.77. The second-order valence-corrected chi connectivity index (χ2v) is 7.09. The number of thioether (sulfide) groups is 1. The van der Waals surface area contributed by atoms with Gasteiger partial charge in [0.2, 0.25) is 0 Å². The molecule has 0 radical (unpaired) electrons. The Bertz CT molecular complexity index is 863. The molecule has 1 aliphatic heterocycles. The van der Waals surface area contributed by atoms with Gasteiger partial charge in [0, 0.05) is 16.3 Å². The predicted molar refractivity (Wildman–Crippen MR) is 102 cm³/mol. The van der Waals surface area contributed by atoms with Crippen molar-refractivity contribution in [1.82, 2.24) is 5.32 Å². The van der Waals surface area contributed by atoms with Gasteiger partial charge in [-0.25, -0.2) is 0 Å². The fourth-order valence-electron chi connectivity index (χ4n) is 2.08. The summed E-state index contributed by atoms with van der Waals surface area (Å²) in [6.07, 6.45) is 1.73. The minimum atomic E-state index is -0.231. The number of hydrogen-bond donors (Lipinski definition) is 2. The number of hydrogen-bond acceptors (Lipinski definition) is 4. The molecule has 2 aromatic rings. The molecule has 0 saturated carbocycles. The first-order valence-electron chi connectivity index (χ1n) is 6.93. The molecule has 24 heavy (non-hydrogen) atoms. The highest BCUT2D eigenvalue weighted by Crippen LogP contribution is 2.26. The fraction of sp³-hybridized carbons (Fsp3) is 0. The van der Waals surface area contributed by atoms with Gasteiger partial charge >= 0.3 is 0 Å². The normalized spacial score (nSPS) is 15.5. The van der Waals surface area contributed by atoms with Crippen LogP contribution in [-0.2, 0) is 4.79 Å². The standard InChI is InChI=1S/C17H11ClN2O2S2/c18-12-6-4-11(5-7-12)15(21)19-13-3-1-2-10(8-13)9-14-16(22)20-17(23)24-14/h1-9H,(H,19,21)(H,20,22,23)/b14-9-. The van der Waals surface area contributed by atoms with Crippen LogP contribution in [0.2, 0.25) is 5.02 Å². The minimum Gasteiger partial charge on any atom is -0.322 e. The lowest BCUT2D eigenvalue weighted by molar-refractivity contribution is -0.115. The van der Waals surface area contributed by atoms with E-state index in [1.165, 1.54) is 11.8 Å². The Labute approximate surface area is 153 Å². The van der Waals surface area contributed by atoms with Gasteiger partial charge in [0.1, 0.15) is 4.32 Å². The molecule has 0 spiro atoms. The SMILES string of the molecule is O=C1NC(=S)S/C1=C\c1cccc(NC(=O)c2ccc(Cl)cc2)c1. The van der Waals surface area contributed by atoms with Crippen LogP contribution in [0.25, 0.3) is 6.08 Å². The van der Waals surface area contributed by atoms with Gasteiger partial charge in [-0.05, 0) is 48.0 Å². The first-order chi connectivity index (χ1) is 11.5. The Morgan fingerprint density at radius 2 is 1.96 bits per heavy atom. The molecular formula is C17H11ClN2O2S2. The van der Waals surface area contributed by atoms with Crippen molar-refractivity contribution in [3.63, 3.8) is 0 Å². The van der Waals surface area contributed by atoms with Crippen molar-refractivity contribution in [3.8, 4) is 0 Å². The quantitative estimate of drug-likeness (QED) is 0.627. The van der Waals surface area contributed by atoms with E-state index in [2.05, 4.69) is 10.6 Å². The number of amides is 2. The van der Waals surface area contributed by atoms with Crippen LogP contribution in [0.15, 0.2) is 53.4 Å². The number of nitrogens with one attached hydrogen (secondary N) is 2. The highest BCUT2D eigenvalue weighted by atomic mass is 35.5. The molecule has 0 unspecified atom stereocenters. The average molecular weight is 375 g/mol. The molecule has 4 nitrogen and oxygen atoms in total. The van der Waals surface area contributed by atoms with Crippen molar-refractivity contribution in [2.24, 2.45) is 0 Å². The molecule has 2 aromatic carbocycles. The zero-order chi connectivity index (χ0) is 17.1. The molecule has 0 aromatic heterocycles. The second kappa shape index (κ2) is 7.17. The molecule has 1 aliphatic rings. The molecule has 0 atom stereocenters. The van der Waals surface area contributed by atoms with Crippen LogP contribution in [-0.4, -0.2) is 16.1 Å². The largest absolute Gasteiger partial charge is 0.322 e. The lowest BCUT2D eigenvalue weighted by Crippen LogP contribution is -2.17. The van der Waals surface area contributed by atoms with Gasteiger partial charge in [-0.3, -0.25) is 9.59 Å². The van der Waals surface area contributed by atoms with E-state index in [-0.39, 0.29) is 11.8 Å². The molecule has 2 amide bonds. The van der Waals surface area contributed by atoms with E-state index in [0.717, 1.165) is 5.56 Å². The van der Waals surface area contributed by atoms with Crippen LogP contribution in [0.4, 0.5) is 5.69 Å². The maximum Gasteiger partial charge on any atom is 0.263 e. The topological polar surface area (TPSA) is 58.2 Å². The highest BCUT2D eigenvalue weighted by molar-refractivity contribution is 8.26. The van der Waals surface area contributed by atoms with Crippen molar-refractivity contribution >= 4 is 63.5 Å². The third-order valence-corrected chi connectivity index (χ3v) is 4.61. The third-order valence-electron chi connectivity index (χ3n) is 3.19. The average Bonchev–Trinajstić information content (AvgIpc) is 2.86. The van der Waals surface area contributed by atoms with Crippen molar-refractivity contribution in [1.29, 1.82) is 0 Å². The number of rotatable bonds is 3. The van der Waals surface area contributed by atoms with E-state index in [4.69, 9.17) is 23.8 Å². The summed E-state index contributed by atoms with van der Waals surface area (Å²) in [5, 5.41) is 5.96. The van der Waals surface area contributed by atoms with Crippen molar-refractivity contribution in [3.05, 3.63) is 69.6 Å². The van der Waals surface area contributed by atoms with Crippen molar-refractivity contribution in [2.75, 3.05) is 5.32 Å². The Morgan fingerprint density at radius 3 is 2.62 bits per heavy atom. The second-order valence-electron chi connectivity index (χ2n) is 4.94. The van der Waals surface area contributed by atoms with E-state index < -0.39 is 0 Å². The summed E-state index contributed by atoms with van der Waals surface area (Å²) in [6.45, 7) is 0. The van der Waals surface area contributed by atoms with Gasteiger partial charge in [-0.2, -0.15) is 0 Å². The summed E-state index contributed by atoms with van der Waals surface area (Å²) in [4.78, 5) is 24.4. The van der Waals surface area contributed by atoms with Crippen molar-refractivity contribution in [2.45, 2.75) is 0 Å². The Morgan fingerprint density at radius 1 is 1.21 bits per heavy atom. The van der Waals surface area contributed by atoms with Crippen LogP contribution in [0, 0.1) is 0 Å². The van der Waals surface area contributed by atoms with E-state index >= 15 is 0 Å². The minimum absolute atomic E-state index is 0.208. The van der Waals surface area contributed by atoms with Gasteiger partial charge in [-0.1, -0.05) is 47.7 Å². The van der Waals surface area contributed by atoms with Gasteiger partial charge in [-0.15, -0.1) is 0 Å². The van der Waals surface area contributed by atoms with Crippen LogP contribution in [0.1, 0.15) is 15.9 Å². The summed E-state index contributed by atoms with van der Waals surface area (Å²) in [6, 6.07) is 13.9. The van der Waals surface area contributed by atoms with Crippen LogP contribution in [0.3, 0.4) is 0 Å². The number of anilines is 1. The van der Waals surface area contributed by atoms with Crippen LogP contribution >= 0.6 is 35.6 Å². The zero-order valence-corrected chi connectivity index (χ0v) is 14.6. The summed E-state index contributed by atoms with van der Waals surface area (Å²) in [5.41, 5.74) is 1.95. The fourth-order valence-corrected chi connectivity index (χ4v) is 3.25. The first-order valence-corrected chi connectivity index (χ1v) is 8.53. The van der Waals surface area contributed by atoms with Gasteiger partial charge in [0.15, 0.2) is 0 Å². The smallest absolute Gasteiger partial charge is 0.263 e. The molecule has 1 saturated heterocycles. The monoisotopic (exact) mass is 374 g/mol. The van der Waals surface area contributed by atoms with Gasteiger partial charge in [0.25, 0.3) is 11.8 Å². The predicted octanol–water partition coefficient (Wildman–Crippen LogP) is 4.08. The zero-order valence-electron chi connectivity index (χ0n) is 12.2. The van der Waals surface area contributed by atoms with E-state index in [1.807, 2.05) is 6.07 Å². The van der Waals surface area contributed by atoms with E-state index in [9.17, 15) is 9.59 Å².